The van der Waals surface area contributed by atoms with E-state index in [2.05, 4.69) is 38.2 Å². The fraction of sp³-hybridized carbons (Fsp3) is 0.529. The van der Waals surface area contributed by atoms with Gasteiger partial charge in [0.25, 0.3) is 0 Å². The molecule has 0 saturated heterocycles. The summed E-state index contributed by atoms with van der Waals surface area (Å²) in [7, 11) is 1.61. The molecule has 0 aliphatic carbocycles. The summed E-state index contributed by atoms with van der Waals surface area (Å²) < 4.78 is 0. The largest absolute Gasteiger partial charge is 0.481 e. The van der Waals surface area contributed by atoms with Crippen LogP contribution in [0.1, 0.15) is 44.4 Å². The molecule has 0 radical (unpaired) electrons. The van der Waals surface area contributed by atoms with Crippen LogP contribution in [0.25, 0.3) is 0 Å². The van der Waals surface area contributed by atoms with Crippen molar-refractivity contribution in [3.8, 4) is 0 Å². The van der Waals surface area contributed by atoms with E-state index in [-0.39, 0.29) is 31.0 Å². The summed E-state index contributed by atoms with van der Waals surface area (Å²) in [5.74, 6) is -0.667. The molecular weight excluding hydrogens is 280 g/mol. The van der Waals surface area contributed by atoms with Crippen LogP contribution >= 0.6 is 0 Å². The Kier molecular flexibility index (Phi) is 6.89. The highest BCUT2D eigenvalue weighted by Gasteiger charge is 2.20. The summed E-state index contributed by atoms with van der Waals surface area (Å²) in [5.41, 5.74) is 2.32. The molecule has 0 aromatic heterocycles. The maximum Gasteiger partial charge on any atom is 0.317 e. The molecule has 1 unspecified atom stereocenters. The maximum atomic E-state index is 12.2. The normalized spacial score (nSPS) is 12.0. The highest BCUT2D eigenvalue weighted by molar-refractivity contribution is 5.75. The van der Waals surface area contributed by atoms with E-state index < -0.39 is 5.97 Å². The number of benzene rings is 1. The Morgan fingerprint density at radius 3 is 2.27 bits per heavy atom. The van der Waals surface area contributed by atoms with Gasteiger partial charge in [-0.2, -0.15) is 0 Å². The van der Waals surface area contributed by atoms with Gasteiger partial charge in [0.05, 0.1) is 12.5 Å². The van der Waals surface area contributed by atoms with E-state index >= 15 is 0 Å². The molecule has 1 aromatic carbocycles. The SMILES string of the molecule is CCc1ccc(C(NC(=O)N(C)CCC(=O)O)C(C)C)cc1. The third kappa shape index (κ3) is 5.39. The molecule has 2 amide bonds. The minimum absolute atomic E-state index is 0.0541. The molecule has 1 rings (SSSR count). The van der Waals surface area contributed by atoms with Crippen LogP contribution < -0.4 is 5.32 Å². The lowest BCUT2D eigenvalue weighted by atomic mass is 9.95. The molecule has 1 atom stereocenters. The van der Waals surface area contributed by atoms with Crippen LogP contribution in [-0.4, -0.2) is 35.6 Å². The van der Waals surface area contributed by atoms with Gasteiger partial charge in [0, 0.05) is 13.6 Å². The molecular formula is C17H26N2O3. The van der Waals surface area contributed by atoms with Gasteiger partial charge in [-0.25, -0.2) is 4.79 Å². The van der Waals surface area contributed by atoms with Crippen molar-refractivity contribution in [2.45, 2.75) is 39.7 Å². The molecule has 5 nitrogen and oxygen atoms in total. The number of nitrogens with zero attached hydrogens (tertiary/aromatic N) is 1. The first-order valence-corrected chi connectivity index (χ1v) is 7.67. The Labute approximate surface area is 132 Å². The van der Waals surface area contributed by atoms with Gasteiger partial charge < -0.3 is 15.3 Å². The fourth-order valence-corrected chi connectivity index (χ4v) is 2.20. The van der Waals surface area contributed by atoms with E-state index in [1.54, 1.807) is 7.05 Å². The second-order valence-corrected chi connectivity index (χ2v) is 5.83. The summed E-state index contributed by atoms with van der Waals surface area (Å²) in [6.45, 7) is 6.40. The lowest BCUT2D eigenvalue weighted by Crippen LogP contribution is -2.41. The van der Waals surface area contributed by atoms with Crippen molar-refractivity contribution in [1.29, 1.82) is 0 Å². The van der Waals surface area contributed by atoms with Gasteiger partial charge in [-0.05, 0) is 23.5 Å². The smallest absolute Gasteiger partial charge is 0.317 e. The number of aliphatic carboxylic acids is 1. The summed E-state index contributed by atoms with van der Waals surface area (Å²) >= 11 is 0. The number of aryl methyl sites for hydroxylation is 1. The van der Waals surface area contributed by atoms with Crippen LogP contribution in [0.2, 0.25) is 0 Å². The molecule has 22 heavy (non-hydrogen) atoms. The van der Waals surface area contributed by atoms with Gasteiger partial charge in [0.15, 0.2) is 0 Å². The second kappa shape index (κ2) is 8.41. The van der Waals surface area contributed by atoms with Crippen LogP contribution in [0.15, 0.2) is 24.3 Å². The number of nitrogens with one attached hydrogen (secondary N) is 1. The molecule has 2 N–H and O–H groups in total. The van der Waals surface area contributed by atoms with Gasteiger partial charge in [-0.15, -0.1) is 0 Å². The first-order valence-electron chi connectivity index (χ1n) is 7.67. The highest BCUT2D eigenvalue weighted by atomic mass is 16.4. The first kappa shape index (κ1) is 18.0. The van der Waals surface area contributed by atoms with E-state index in [0.717, 1.165) is 12.0 Å². The summed E-state index contributed by atoms with van der Waals surface area (Å²) in [6, 6.07) is 7.89. The van der Waals surface area contributed by atoms with Crippen molar-refractivity contribution in [2.75, 3.05) is 13.6 Å². The molecule has 0 fully saturated rings. The topological polar surface area (TPSA) is 69.6 Å². The number of carboxylic acids is 1. The van der Waals surface area contributed by atoms with Crippen molar-refractivity contribution in [3.05, 3.63) is 35.4 Å². The van der Waals surface area contributed by atoms with E-state index in [1.165, 1.54) is 10.5 Å². The molecule has 0 spiro atoms. The lowest BCUT2D eigenvalue weighted by molar-refractivity contribution is -0.137. The van der Waals surface area contributed by atoms with Crippen molar-refractivity contribution >= 4 is 12.0 Å². The number of rotatable bonds is 7. The molecule has 0 bridgehead atoms. The number of urea groups is 1. The zero-order valence-corrected chi connectivity index (χ0v) is 13.8. The Hall–Kier alpha value is -2.04. The average molecular weight is 306 g/mol. The third-order valence-corrected chi connectivity index (χ3v) is 3.70. The van der Waals surface area contributed by atoms with E-state index in [0.29, 0.717) is 0 Å². The molecule has 122 valence electrons. The zero-order chi connectivity index (χ0) is 16.7. The maximum absolute atomic E-state index is 12.2. The summed E-state index contributed by atoms with van der Waals surface area (Å²) in [5, 5.41) is 11.7. The predicted octanol–water partition coefficient (Wildman–Crippen LogP) is 3.06. The summed E-state index contributed by atoms with van der Waals surface area (Å²) in [4.78, 5) is 24.2. The van der Waals surface area contributed by atoms with Crippen molar-refractivity contribution in [2.24, 2.45) is 5.92 Å². The number of carbonyl (C=O) groups is 2. The molecule has 1 aromatic rings. The average Bonchev–Trinajstić information content (AvgIpc) is 2.49. The number of carboxylic acid groups (broad SMARTS) is 1. The number of amides is 2. The Morgan fingerprint density at radius 2 is 1.82 bits per heavy atom. The lowest BCUT2D eigenvalue weighted by Gasteiger charge is -2.26. The van der Waals surface area contributed by atoms with E-state index in [9.17, 15) is 9.59 Å². The molecule has 0 aliphatic rings. The first-order chi connectivity index (χ1) is 10.3. The predicted molar refractivity (Wildman–Crippen MR) is 86.8 cm³/mol. The van der Waals surface area contributed by atoms with Crippen LogP contribution in [0.5, 0.6) is 0 Å². The number of hydrogen-bond acceptors (Lipinski definition) is 2. The van der Waals surface area contributed by atoms with Gasteiger partial charge >= 0.3 is 12.0 Å². The van der Waals surface area contributed by atoms with Gasteiger partial charge in [0.2, 0.25) is 0 Å². The van der Waals surface area contributed by atoms with Gasteiger partial charge in [-0.1, -0.05) is 45.0 Å². The standard InChI is InChI=1S/C17H26N2O3/c1-5-13-6-8-14(9-7-13)16(12(2)3)18-17(22)19(4)11-10-15(20)21/h6-9,12,16H,5,10-11H2,1-4H3,(H,18,22)(H,20,21). The van der Waals surface area contributed by atoms with Crippen LogP contribution in [0.3, 0.4) is 0 Å². The Morgan fingerprint density at radius 1 is 1.23 bits per heavy atom. The van der Waals surface area contributed by atoms with Crippen molar-refractivity contribution < 1.29 is 14.7 Å². The monoisotopic (exact) mass is 306 g/mol. The third-order valence-electron chi connectivity index (χ3n) is 3.70. The second-order valence-electron chi connectivity index (χ2n) is 5.83. The zero-order valence-electron chi connectivity index (χ0n) is 13.8. The van der Waals surface area contributed by atoms with Crippen LogP contribution in [0.4, 0.5) is 4.79 Å². The Bertz CT molecular complexity index is 497. The highest BCUT2D eigenvalue weighted by Crippen LogP contribution is 2.22. The Balaban J connectivity index is 2.74. The van der Waals surface area contributed by atoms with Crippen LogP contribution in [-0.2, 0) is 11.2 Å². The van der Waals surface area contributed by atoms with Crippen molar-refractivity contribution in [3.63, 3.8) is 0 Å². The van der Waals surface area contributed by atoms with Gasteiger partial charge in [-0.3, -0.25) is 4.79 Å². The number of hydrogen-bond donors (Lipinski definition) is 2. The molecule has 0 saturated carbocycles. The fourth-order valence-electron chi connectivity index (χ4n) is 2.20. The molecule has 5 heteroatoms. The number of carbonyl (C=O) groups excluding carboxylic acids is 1. The van der Waals surface area contributed by atoms with Crippen LogP contribution in [0, 0.1) is 5.92 Å². The minimum atomic E-state index is -0.907. The summed E-state index contributed by atoms with van der Waals surface area (Å²) in [6.07, 6.45) is 0.929. The van der Waals surface area contributed by atoms with E-state index in [4.69, 9.17) is 5.11 Å². The molecule has 0 heterocycles. The van der Waals surface area contributed by atoms with E-state index in [1.807, 2.05) is 12.1 Å². The molecule has 0 aliphatic heterocycles. The quantitative estimate of drug-likeness (QED) is 0.813. The van der Waals surface area contributed by atoms with Crippen molar-refractivity contribution in [1.82, 2.24) is 10.2 Å². The minimum Gasteiger partial charge on any atom is -0.481 e. The van der Waals surface area contributed by atoms with Gasteiger partial charge in [0.1, 0.15) is 0 Å².